The van der Waals surface area contributed by atoms with Crippen LogP contribution in [0.25, 0.3) is 17.0 Å². The first-order valence-corrected chi connectivity index (χ1v) is 10.4. The average Bonchev–Trinajstić information content (AvgIpc) is 3.23. The van der Waals surface area contributed by atoms with Crippen molar-refractivity contribution in [2.75, 3.05) is 43.4 Å². The van der Waals surface area contributed by atoms with Crippen molar-refractivity contribution in [2.24, 2.45) is 0 Å². The molecule has 0 unspecified atom stereocenters. The highest BCUT2D eigenvalue weighted by Gasteiger charge is 2.31. The standard InChI is InChI=1S/C22H21F3N8/c1-31-8-10-32(11-9-31)19-5-3-16(12-27-19)29-21-26-7-6-17(30-21)18-13-28-20-4-2-15(14-33(18)20)22(23,24)25/h2-7,12-14H,8-11H2,1H3,(H,26,29,30). The van der Waals surface area contributed by atoms with E-state index in [1.807, 2.05) is 12.1 Å². The summed E-state index contributed by atoms with van der Waals surface area (Å²) in [5, 5.41) is 3.11. The summed E-state index contributed by atoms with van der Waals surface area (Å²) in [4.78, 5) is 21.9. The van der Waals surface area contributed by atoms with Crippen LogP contribution in [0.4, 0.5) is 30.6 Å². The zero-order valence-electron chi connectivity index (χ0n) is 17.8. The predicted octanol–water partition coefficient (Wildman–Crippen LogP) is 3.70. The normalized spacial score (nSPS) is 15.2. The van der Waals surface area contributed by atoms with E-state index in [4.69, 9.17) is 0 Å². The molecule has 0 radical (unpaired) electrons. The molecule has 170 valence electrons. The van der Waals surface area contributed by atoms with E-state index in [1.165, 1.54) is 16.7 Å². The van der Waals surface area contributed by atoms with Gasteiger partial charge >= 0.3 is 6.18 Å². The number of likely N-dealkylation sites (N-methyl/N-ethyl adjacent to an activating group) is 1. The van der Waals surface area contributed by atoms with Gasteiger partial charge in [0, 0.05) is 38.6 Å². The van der Waals surface area contributed by atoms with Crippen LogP contribution in [-0.2, 0) is 6.18 Å². The molecule has 11 heteroatoms. The van der Waals surface area contributed by atoms with E-state index in [1.54, 1.807) is 18.5 Å². The van der Waals surface area contributed by atoms with Crippen LogP contribution in [0.15, 0.2) is 55.1 Å². The van der Waals surface area contributed by atoms with Gasteiger partial charge in [0.05, 0.1) is 35.0 Å². The number of hydrogen-bond acceptors (Lipinski definition) is 7. The summed E-state index contributed by atoms with van der Waals surface area (Å²) in [6.07, 6.45) is 1.33. The van der Waals surface area contributed by atoms with Gasteiger partial charge in [-0.3, -0.25) is 4.40 Å². The largest absolute Gasteiger partial charge is 0.417 e. The van der Waals surface area contributed by atoms with Gasteiger partial charge in [-0.15, -0.1) is 0 Å². The SMILES string of the molecule is CN1CCN(c2ccc(Nc3nccc(-c4cnc5ccc(C(F)(F)F)cn45)n3)cn2)CC1. The van der Waals surface area contributed by atoms with E-state index >= 15 is 0 Å². The number of imidazole rings is 1. The quantitative estimate of drug-likeness (QED) is 0.504. The molecule has 1 N–H and O–H groups in total. The number of nitrogens with one attached hydrogen (secondary N) is 1. The van der Waals surface area contributed by atoms with Crippen molar-refractivity contribution >= 4 is 23.1 Å². The average molecular weight is 454 g/mol. The third kappa shape index (κ3) is 4.44. The maximum Gasteiger partial charge on any atom is 0.417 e. The molecular weight excluding hydrogens is 433 g/mol. The van der Waals surface area contributed by atoms with Crippen LogP contribution in [0.5, 0.6) is 0 Å². The molecule has 33 heavy (non-hydrogen) atoms. The maximum atomic E-state index is 13.1. The van der Waals surface area contributed by atoms with Crippen molar-refractivity contribution < 1.29 is 13.2 Å². The first-order chi connectivity index (χ1) is 15.9. The van der Waals surface area contributed by atoms with Gasteiger partial charge in [0.25, 0.3) is 0 Å². The maximum absolute atomic E-state index is 13.1. The fraction of sp³-hybridized carbons (Fsp3) is 0.273. The molecule has 0 saturated carbocycles. The van der Waals surface area contributed by atoms with Crippen LogP contribution < -0.4 is 10.2 Å². The highest BCUT2D eigenvalue weighted by molar-refractivity contribution is 5.63. The molecule has 4 aromatic rings. The topological polar surface area (TPSA) is 74.5 Å². The Bertz CT molecular complexity index is 1260. The van der Waals surface area contributed by atoms with Crippen molar-refractivity contribution in [1.82, 2.24) is 29.2 Å². The lowest BCUT2D eigenvalue weighted by Gasteiger charge is -2.33. The Labute approximate surface area is 187 Å². The number of pyridine rings is 2. The third-order valence-electron chi connectivity index (χ3n) is 5.58. The number of nitrogens with zero attached hydrogens (tertiary/aromatic N) is 7. The lowest BCUT2D eigenvalue weighted by Crippen LogP contribution is -2.44. The van der Waals surface area contributed by atoms with Crippen LogP contribution >= 0.6 is 0 Å². The highest BCUT2D eigenvalue weighted by atomic mass is 19.4. The van der Waals surface area contributed by atoms with Crippen molar-refractivity contribution in [3.8, 4) is 11.4 Å². The zero-order chi connectivity index (χ0) is 23.0. The van der Waals surface area contributed by atoms with Gasteiger partial charge in [-0.2, -0.15) is 13.2 Å². The summed E-state index contributed by atoms with van der Waals surface area (Å²) in [5.41, 5.74) is 1.23. The molecular formula is C22H21F3N8. The Balaban J connectivity index is 1.37. The molecule has 0 atom stereocenters. The fourth-order valence-electron chi connectivity index (χ4n) is 3.71. The van der Waals surface area contributed by atoms with Crippen LogP contribution in [-0.4, -0.2) is 62.5 Å². The van der Waals surface area contributed by atoms with Gasteiger partial charge in [0.1, 0.15) is 11.5 Å². The third-order valence-corrected chi connectivity index (χ3v) is 5.58. The van der Waals surface area contributed by atoms with E-state index in [2.05, 4.69) is 42.1 Å². The van der Waals surface area contributed by atoms with E-state index < -0.39 is 11.7 Å². The van der Waals surface area contributed by atoms with Crippen LogP contribution in [0.1, 0.15) is 5.56 Å². The van der Waals surface area contributed by atoms with Crippen LogP contribution in [0.2, 0.25) is 0 Å². The predicted molar refractivity (Wildman–Crippen MR) is 118 cm³/mol. The molecule has 1 saturated heterocycles. The summed E-state index contributed by atoms with van der Waals surface area (Å²) < 4.78 is 40.8. The Morgan fingerprint density at radius 2 is 1.73 bits per heavy atom. The summed E-state index contributed by atoms with van der Waals surface area (Å²) in [6, 6.07) is 7.82. The van der Waals surface area contributed by atoms with Crippen molar-refractivity contribution in [2.45, 2.75) is 6.18 Å². The van der Waals surface area contributed by atoms with Crippen LogP contribution in [0, 0.1) is 0 Å². The van der Waals surface area contributed by atoms with Gasteiger partial charge in [-0.05, 0) is 37.4 Å². The number of rotatable bonds is 4. The Kier molecular flexibility index (Phi) is 5.33. The molecule has 1 aliphatic heterocycles. The van der Waals surface area contributed by atoms with Crippen molar-refractivity contribution in [1.29, 1.82) is 0 Å². The number of fused-ring (bicyclic) bond motifs is 1. The molecule has 0 aromatic carbocycles. The second-order valence-corrected chi connectivity index (χ2v) is 7.87. The van der Waals surface area contributed by atoms with Crippen molar-refractivity contribution in [3.05, 3.63) is 60.7 Å². The Morgan fingerprint density at radius 3 is 2.45 bits per heavy atom. The summed E-state index contributed by atoms with van der Waals surface area (Å²) in [7, 11) is 2.11. The van der Waals surface area contributed by atoms with Gasteiger partial charge in [-0.1, -0.05) is 0 Å². The van der Waals surface area contributed by atoms with E-state index in [9.17, 15) is 13.2 Å². The monoisotopic (exact) mass is 454 g/mol. The molecule has 8 nitrogen and oxygen atoms in total. The second-order valence-electron chi connectivity index (χ2n) is 7.87. The number of hydrogen-bond donors (Lipinski definition) is 1. The van der Waals surface area contributed by atoms with E-state index in [0.717, 1.165) is 44.3 Å². The fourth-order valence-corrected chi connectivity index (χ4v) is 3.71. The first kappa shape index (κ1) is 21.1. The smallest absolute Gasteiger partial charge is 0.354 e. The molecule has 5 rings (SSSR count). The summed E-state index contributed by atoms with van der Waals surface area (Å²) in [6.45, 7) is 3.85. The summed E-state index contributed by atoms with van der Waals surface area (Å²) >= 11 is 0. The Morgan fingerprint density at radius 1 is 0.909 bits per heavy atom. The van der Waals surface area contributed by atoms with E-state index in [-0.39, 0.29) is 0 Å². The minimum atomic E-state index is -4.45. The van der Waals surface area contributed by atoms with Gasteiger partial charge in [0.2, 0.25) is 5.95 Å². The van der Waals surface area contributed by atoms with Gasteiger partial charge in [0.15, 0.2) is 0 Å². The van der Waals surface area contributed by atoms with E-state index in [0.29, 0.717) is 28.7 Å². The Hall–Kier alpha value is -3.73. The minimum absolute atomic E-state index is 0.309. The lowest BCUT2D eigenvalue weighted by molar-refractivity contribution is -0.137. The lowest BCUT2D eigenvalue weighted by atomic mass is 10.2. The highest BCUT2D eigenvalue weighted by Crippen LogP contribution is 2.30. The van der Waals surface area contributed by atoms with Crippen molar-refractivity contribution in [3.63, 3.8) is 0 Å². The molecule has 0 spiro atoms. The number of piperazine rings is 1. The molecule has 0 bridgehead atoms. The number of aromatic nitrogens is 5. The molecule has 1 aliphatic rings. The number of halogens is 3. The molecule has 1 fully saturated rings. The molecule has 0 amide bonds. The second kappa shape index (κ2) is 8.32. The zero-order valence-corrected chi connectivity index (χ0v) is 17.8. The van der Waals surface area contributed by atoms with Gasteiger partial charge in [-0.25, -0.2) is 19.9 Å². The molecule has 5 heterocycles. The number of alkyl halides is 3. The van der Waals surface area contributed by atoms with Gasteiger partial charge < -0.3 is 15.1 Å². The molecule has 4 aromatic heterocycles. The number of anilines is 3. The summed E-state index contributed by atoms with van der Waals surface area (Å²) in [5.74, 6) is 1.22. The van der Waals surface area contributed by atoms with Crippen LogP contribution in [0.3, 0.4) is 0 Å². The minimum Gasteiger partial charge on any atom is -0.354 e. The first-order valence-electron chi connectivity index (χ1n) is 10.4. The molecule has 0 aliphatic carbocycles.